The molecule has 12 heavy (non-hydrogen) atoms. The summed E-state index contributed by atoms with van der Waals surface area (Å²) in [4.78, 5) is 10.9. The lowest BCUT2D eigenvalue weighted by atomic mass is 9.99. The number of carbonyl (C=O) groups is 1. The van der Waals surface area contributed by atoms with Gasteiger partial charge in [-0.1, -0.05) is 6.92 Å². The SMILES string of the molecule is CCC(CCOCCO)C(C)=O. The maximum atomic E-state index is 10.9. The summed E-state index contributed by atoms with van der Waals surface area (Å²) in [5, 5.41) is 8.41. The van der Waals surface area contributed by atoms with Gasteiger partial charge in [0.1, 0.15) is 5.78 Å². The van der Waals surface area contributed by atoms with Crippen molar-refractivity contribution < 1.29 is 14.6 Å². The van der Waals surface area contributed by atoms with Gasteiger partial charge in [-0.05, 0) is 19.8 Å². The molecule has 0 bridgehead atoms. The number of aliphatic hydroxyl groups is 1. The van der Waals surface area contributed by atoms with Crippen LogP contribution < -0.4 is 0 Å². The molecule has 1 N–H and O–H groups in total. The van der Waals surface area contributed by atoms with Crippen LogP contribution in [0.25, 0.3) is 0 Å². The van der Waals surface area contributed by atoms with E-state index in [0.717, 1.165) is 12.8 Å². The molecule has 3 nitrogen and oxygen atoms in total. The van der Waals surface area contributed by atoms with Gasteiger partial charge in [-0.25, -0.2) is 0 Å². The smallest absolute Gasteiger partial charge is 0.132 e. The second-order valence-electron chi connectivity index (χ2n) is 2.84. The number of Topliss-reactive ketones (excluding diaryl/α,β-unsaturated/α-hetero) is 1. The summed E-state index contributed by atoms with van der Waals surface area (Å²) in [7, 11) is 0. The van der Waals surface area contributed by atoms with Crippen molar-refractivity contribution in [1.82, 2.24) is 0 Å². The molecule has 0 rings (SSSR count). The van der Waals surface area contributed by atoms with Gasteiger partial charge in [-0.2, -0.15) is 0 Å². The summed E-state index contributed by atoms with van der Waals surface area (Å²) >= 11 is 0. The summed E-state index contributed by atoms with van der Waals surface area (Å²) in [6, 6.07) is 0. The molecule has 0 aromatic carbocycles. The second kappa shape index (κ2) is 7.25. The normalized spacial score (nSPS) is 12.9. The molecule has 0 saturated heterocycles. The highest BCUT2D eigenvalue weighted by Gasteiger charge is 2.10. The van der Waals surface area contributed by atoms with Crippen LogP contribution in [-0.4, -0.2) is 30.7 Å². The topological polar surface area (TPSA) is 46.5 Å². The molecular formula is C9H18O3. The Morgan fingerprint density at radius 2 is 2.17 bits per heavy atom. The quantitative estimate of drug-likeness (QED) is 0.586. The Kier molecular flexibility index (Phi) is 7.00. The Morgan fingerprint density at radius 3 is 2.58 bits per heavy atom. The van der Waals surface area contributed by atoms with Crippen molar-refractivity contribution in [3.8, 4) is 0 Å². The summed E-state index contributed by atoms with van der Waals surface area (Å²) in [6.45, 7) is 4.60. The van der Waals surface area contributed by atoms with Gasteiger partial charge in [0.05, 0.1) is 13.2 Å². The summed E-state index contributed by atoms with van der Waals surface area (Å²) in [5.41, 5.74) is 0. The fourth-order valence-corrected chi connectivity index (χ4v) is 1.09. The third-order valence-electron chi connectivity index (χ3n) is 1.91. The first-order valence-corrected chi connectivity index (χ1v) is 4.41. The van der Waals surface area contributed by atoms with Gasteiger partial charge >= 0.3 is 0 Å². The van der Waals surface area contributed by atoms with Gasteiger partial charge in [0.2, 0.25) is 0 Å². The van der Waals surface area contributed by atoms with Gasteiger partial charge in [0.15, 0.2) is 0 Å². The molecule has 0 saturated carbocycles. The Bertz CT molecular complexity index is 123. The van der Waals surface area contributed by atoms with Gasteiger partial charge in [-0.15, -0.1) is 0 Å². The number of rotatable bonds is 7. The van der Waals surface area contributed by atoms with Gasteiger partial charge in [-0.3, -0.25) is 4.79 Å². The summed E-state index contributed by atoms with van der Waals surface area (Å²) in [6.07, 6.45) is 1.64. The van der Waals surface area contributed by atoms with E-state index in [0.29, 0.717) is 13.2 Å². The lowest BCUT2D eigenvalue weighted by Crippen LogP contribution is -2.13. The summed E-state index contributed by atoms with van der Waals surface area (Å²) < 4.78 is 5.06. The second-order valence-corrected chi connectivity index (χ2v) is 2.84. The van der Waals surface area contributed by atoms with Crippen molar-refractivity contribution in [1.29, 1.82) is 0 Å². The minimum Gasteiger partial charge on any atom is -0.394 e. The zero-order chi connectivity index (χ0) is 9.40. The molecule has 0 aliphatic carbocycles. The van der Waals surface area contributed by atoms with E-state index in [-0.39, 0.29) is 18.3 Å². The van der Waals surface area contributed by atoms with Crippen molar-refractivity contribution in [2.75, 3.05) is 19.8 Å². The Hall–Kier alpha value is -0.410. The fraction of sp³-hybridized carbons (Fsp3) is 0.889. The van der Waals surface area contributed by atoms with E-state index in [9.17, 15) is 4.79 Å². The molecule has 72 valence electrons. The van der Waals surface area contributed by atoms with Crippen LogP contribution in [0, 0.1) is 5.92 Å². The van der Waals surface area contributed by atoms with Crippen LogP contribution in [0.15, 0.2) is 0 Å². The Labute approximate surface area is 73.7 Å². The standard InChI is InChI=1S/C9H18O3/c1-3-9(8(2)11)4-6-12-7-5-10/h9-10H,3-7H2,1-2H3. The fourth-order valence-electron chi connectivity index (χ4n) is 1.09. The van der Waals surface area contributed by atoms with Crippen LogP contribution >= 0.6 is 0 Å². The molecule has 0 spiro atoms. The molecule has 0 amide bonds. The number of ether oxygens (including phenoxy) is 1. The molecule has 0 aliphatic rings. The Balaban J connectivity index is 3.38. The zero-order valence-electron chi connectivity index (χ0n) is 7.88. The third-order valence-corrected chi connectivity index (χ3v) is 1.91. The third kappa shape index (κ3) is 5.27. The lowest BCUT2D eigenvalue weighted by molar-refractivity contribution is -0.121. The van der Waals surface area contributed by atoms with E-state index in [1.807, 2.05) is 6.92 Å². The van der Waals surface area contributed by atoms with E-state index in [4.69, 9.17) is 9.84 Å². The number of hydrogen-bond donors (Lipinski definition) is 1. The first-order chi connectivity index (χ1) is 5.72. The van der Waals surface area contributed by atoms with Crippen molar-refractivity contribution in [2.45, 2.75) is 26.7 Å². The number of carbonyl (C=O) groups excluding carboxylic acids is 1. The first kappa shape index (κ1) is 11.6. The maximum absolute atomic E-state index is 10.9. The van der Waals surface area contributed by atoms with Gasteiger partial charge < -0.3 is 9.84 Å². The molecule has 0 heterocycles. The van der Waals surface area contributed by atoms with Crippen LogP contribution in [0.1, 0.15) is 26.7 Å². The number of ketones is 1. The molecule has 0 aromatic heterocycles. The minimum absolute atomic E-state index is 0.0524. The lowest BCUT2D eigenvalue weighted by Gasteiger charge is -2.10. The van der Waals surface area contributed by atoms with Crippen molar-refractivity contribution in [3.05, 3.63) is 0 Å². The predicted molar refractivity (Wildman–Crippen MR) is 47.0 cm³/mol. The van der Waals surface area contributed by atoms with Crippen LogP contribution in [0.3, 0.4) is 0 Å². The van der Waals surface area contributed by atoms with E-state index in [1.54, 1.807) is 6.92 Å². The van der Waals surface area contributed by atoms with E-state index >= 15 is 0 Å². The highest BCUT2D eigenvalue weighted by atomic mass is 16.5. The summed E-state index contributed by atoms with van der Waals surface area (Å²) in [5.74, 6) is 0.355. The maximum Gasteiger partial charge on any atom is 0.132 e. The molecule has 0 fully saturated rings. The molecule has 0 aliphatic heterocycles. The molecule has 0 radical (unpaired) electrons. The largest absolute Gasteiger partial charge is 0.394 e. The average molecular weight is 174 g/mol. The van der Waals surface area contributed by atoms with Crippen molar-refractivity contribution in [2.24, 2.45) is 5.92 Å². The molecule has 3 heteroatoms. The molecule has 1 atom stereocenters. The Morgan fingerprint density at radius 1 is 1.50 bits per heavy atom. The average Bonchev–Trinajstić information content (AvgIpc) is 2.04. The van der Waals surface area contributed by atoms with E-state index in [1.165, 1.54) is 0 Å². The van der Waals surface area contributed by atoms with Crippen LogP contribution in [0.2, 0.25) is 0 Å². The highest BCUT2D eigenvalue weighted by molar-refractivity contribution is 5.78. The number of aliphatic hydroxyl groups excluding tert-OH is 1. The van der Waals surface area contributed by atoms with Crippen LogP contribution in [0.5, 0.6) is 0 Å². The molecular weight excluding hydrogens is 156 g/mol. The molecule has 1 unspecified atom stereocenters. The van der Waals surface area contributed by atoms with Crippen molar-refractivity contribution >= 4 is 5.78 Å². The van der Waals surface area contributed by atoms with Crippen LogP contribution in [-0.2, 0) is 9.53 Å². The number of hydrogen-bond acceptors (Lipinski definition) is 3. The van der Waals surface area contributed by atoms with Crippen LogP contribution in [0.4, 0.5) is 0 Å². The van der Waals surface area contributed by atoms with Crippen molar-refractivity contribution in [3.63, 3.8) is 0 Å². The van der Waals surface area contributed by atoms with E-state index < -0.39 is 0 Å². The minimum atomic E-state index is 0.0524. The first-order valence-electron chi connectivity index (χ1n) is 4.41. The zero-order valence-corrected chi connectivity index (χ0v) is 7.88. The monoisotopic (exact) mass is 174 g/mol. The predicted octanol–water partition coefficient (Wildman–Crippen LogP) is 1.00. The molecule has 0 aromatic rings. The highest BCUT2D eigenvalue weighted by Crippen LogP contribution is 2.08. The van der Waals surface area contributed by atoms with Gasteiger partial charge in [0, 0.05) is 12.5 Å². The van der Waals surface area contributed by atoms with E-state index in [2.05, 4.69) is 0 Å². The van der Waals surface area contributed by atoms with Gasteiger partial charge in [0.25, 0.3) is 0 Å².